The topological polar surface area (TPSA) is 58.2 Å². The molecule has 0 heterocycles. The second-order valence-corrected chi connectivity index (χ2v) is 7.28. The van der Waals surface area contributed by atoms with Crippen molar-refractivity contribution in [3.63, 3.8) is 0 Å². The van der Waals surface area contributed by atoms with Gasteiger partial charge in [-0.2, -0.15) is 0 Å². The molecule has 1 atom stereocenters. The highest BCUT2D eigenvalue weighted by molar-refractivity contribution is 7.89. The predicted molar refractivity (Wildman–Crippen MR) is 81.1 cm³/mol. The summed E-state index contributed by atoms with van der Waals surface area (Å²) in [4.78, 5) is 0.368. The van der Waals surface area contributed by atoms with E-state index < -0.39 is 10.0 Å². The molecule has 0 amide bonds. The van der Waals surface area contributed by atoms with Crippen LogP contribution >= 0.6 is 0 Å². The highest BCUT2D eigenvalue weighted by Crippen LogP contribution is 2.33. The SMILES string of the molecule is CCc1ccc(S(=O)(=O)NC(C)C2CC2)cc1CNC. The average molecular weight is 296 g/mol. The van der Waals surface area contributed by atoms with E-state index in [1.807, 2.05) is 20.0 Å². The van der Waals surface area contributed by atoms with Gasteiger partial charge in [0.1, 0.15) is 0 Å². The van der Waals surface area contributed by atoms with Gasteiger partial charge in [0.05, 0.1) is 4.90 Å². The molecule has 0 saturated heterocycles. The first-order valence-electron chi connectivity index (χ1n) is 7.26. The number of rotatable bonds is 7. The van der Waals surface area contributed by atoms with Crippen LogP contribution < -0.4 is 10.0 Å². The quantitative estimate of drug-likeness (QED) is 0.809. The second kappa shape index (κ2) is 6.24. The van der Waals surface area contributed by atoms with E-state index >= 15 is 0 Å². The molecular formula is C15H24N2O2S. The number of aryl methyl sites for hydroxylation is 1. The van der Waals surface area contributed by atoms with Gasteiger partial charge >= 0.3 is 0 Å². The molecule has 2 rings (SSSR count). The van der Waals surface area contributed by atoms with Crippen LogP contribution in [0.15, 0.2) is 23.1 Å². The number of sulfonamides is 1. The lowest BCUT2D eigenvalue weighted by molar-refractivity contribution is 0.538. The van der Waals surface area contributed by atoms with Crippen LogP contribution in [0.5, 0.6) is 0 Å². The monoisotopic (exact) mass is 296 g/mol. The Bertz CT molecular complexity index is 565. The normalized spacial score (nSPS) is 17.1. The van der Waals surface area contributed by atoms with Crippen molar-refractivity contribution in [1.29, 1.82) is 0 Å². The van der Waals surface area contributed by atoms with Crippen LogP contribution in [-0.4, -0.2) is 21.5 Å². The fourth-order valence-corrected chi connectivity index (χ4v) is 3.84. The van der Waals surface area contributed by atoms with Crippen LogP contribution in [0.4, 0.5) is 0 Å². The van der Waals surface area contributed by atoms with E-state index in [1.54, 1.807) is 12.1 Å². The Balaban J connectivity index is 2.23. The van der Waals surface area contributed by atoms with E-state index in [9.17, 15) is 8.42 Å². The first-order valence-corrected chi connectivity index (χ1v) is 8.75. The van der Waals surface area contributed by atoms with E-state index in [2.05, 4.69) is 17.0 Å². The Morgan fingerprint density at radius 3 is 2.55 bits per heavy atom. The summed E-state index contributed by atoms with van der Waals surface area (Å²) in [5.74, 6) is 0.511. The maximum Gasteiger partial charge on any atom is 0.240 e. The van der Waals surface area contributed by atoms with Crippen molar-refractivity contribution in [3.05, 3.63) is 29.3 Å². The summed E-state index contributed by atoms with van der Waals surface area (Å²) in [5, 5.41) is 3.09. The Morgan fingerprint density at radius 2 is 2.00 bits per heavy atom. The number of nitrogens with one attached hydrogen (secondary N) is 2. The van der Waals surface area contributed by atoms with Gasteiger partial charge in [-0.1, -0.05) is 13.0 Å². The van der Waals surface area contributed by atoms with Crippen molar-refractivity contribution >= 4 is 10.0 Å². The molecule has 0 radical (unpaired) electrons. The Morgan fingerprint density at radius 1 is 1.30 bits per heavy atom. The second-order valence-electron chi connectivity index (χ2n) is 5.56. The zero-order valence-electron chi connectivity index (χ0n) is 12.4. The summed E-state index contributed by atoms with van der Waals surface area (Å²) >= 11 is 0. The van der Waals surface area contributed by atoms with E-state index in [-0.39, 0.29) is 6.04 Å². The third-order valence-electron chi connectivity index (χ3n) is 3.91. The van der Waals surface area contributed by atoms with Crippen LogP contribution in [0.3, 0.4) is 0 Å². The molecular weight excluding hydrogens is 272 g/mol. The van der Waals surface area contributed by atoms with Crippen molar-refractivity contribution in [1.82, 2.24) is 10.0 Å². The largest absolute Gasteiger partial charge is 0.316 e. The predicted octanol–water partition coefficient (Wildman–Crippen LogP) is 2.05. The molecule has 1 unspecified atom stereocenters. The van der Waals surface area contributed by atoms with Crippen LogP contribution in [-0.2, 0) is 23.0 Å². The molecule has 0 spiro atoms. The van der Waals surface area contributed by atoms with E-state index in [1.165, 1.54) is 5.56 Å². The molecule has 0 bridgehead atoms. The van der Waals surface area contributed by atoms with Crippen LogP contribution in [0, 0.1) is 5.92 Å². The standard InChI is InChI=1S/C15H24N2O2S/c1-4-12-7-8-15(9-14(12)10-16-3)20(18,19)17-11(2)13-5-6-13/h7-9,11,13,16-17H,4-6,10H2,1-3H3. The third kappa shape index (κ3) is 3.59. The molecule has 4 nitrogen and oxygen atoms in total. The van der Waals surface area contributed by atoms with Gasteiger partial charge in [0.15, 0.2) is 0 Å². The maximum atomic E-state index is 12.4. The molecule has 1 aliphatic carbocycles. The Labute approximate surface area is 122 Å². The maximum absolute atomic E-state index is 12.4. The molecule has 0 aromatic heterocycles. The van der Waals surface area contributed by atoms with Gasteiger partial charge in [-0.25, -0.2) is 13.1 Å². The molecule has 1 aliphatic rings. The smallest absolute Gasteiger partial charge is 0.240 e. The Hall–Kier alpha value is -0.910. The number of benzene rings is 1. The molecule has 112 valence electrons. The minimum Gasteiger partial charge on any atom is -0.316 e. The van der Waals surface area contributed by atoms with Crippen molar-refractivity contribution in [3.8, 4) is 0 Å². The van der Waals surface area contributed by atoms with Crippen molar-refractivity contribution < 1.29 is 8.42 Å². The van der Waals surface area contributed by atoms with Crippen molar-refractivity contribution in [2.45, 2.75) is 50.6 Å². The van der Waals surface area contributed by atoms with E-state index in [4.69, 9.17) is 0 Å². The summed E-state index contributed by atoms with van der Waals surface area (Å²) in [6, 6.07) is 5.44. The zero-order valence-corrected chi connectivity index (χ0v) is 13.3. The minimum absolute atomic E-state index is 0.0265. The molecule has 20 heavy (non-hydrogen) atoms. The van der Waals surface area contributed by atoms with Crippen LogP contribution in [0.1, 0.15) is 37.8 Å². The fraction of sp³-hybridized carbons (Fsp3) is 0.600. The van der Waals surface area contributed by atoms with Gasteiger partial charge in [-0.15, -0.1) is 0 Å². The van der Waals surface area contributed by atoms with E-state index in [0.717, 1.165) is 24.8 Å². The molecule has 1 aromatic carbocycles. The van der Waals surface area contributed by atoms with Gasteiger partial charge in [0.25, 0.3) is 0 Å². The Kier molecular flexibility index (Phi) is 4.83. The highest BCUT2D eigenvalue weighted by atomic mass is 32.2. The fourth-order valence-electron chi connectivity index (χ4n) is 2.47. The van der Waals surface area contributed by atoms with Crippen molar-refractivity contribution in [2.24, 2.45) is 5.92 Å². The lowest BCUT2D eigenvalue weighted by atomic mass is 10.1. The summed E-state index contributed by atoms with van der Waals surface area (Å²) < 4.78 is 27.6. The van der Waals surface area contributed by atoms with Gasteiger partial charge in [0, 0.05) is 12.6 Å². The third-order valence-corrected chi connectivity index (χ3v) is 5.46. The first-order chi connectivity index (χ1) is 9.47. The number of hydrogen-bond acceptors (Lipinski definition) is 3. The lowest BCUT2D eigenvalue weighted by Gasteiger charge is -2.15. The van der Waals surface area contributed by atoms with Gasteiger partial charge in [-0.3, -0.25) is 0 Å². The van der Waals surface area contributed by atoms with Gasteiger partial charge < -0.3 is 5.32 Å². The molecule has 1 aromatic rings. The van der Waals surface area contributed by atoms with Gasteiger partial charge in [-0.05, 0) is 62.4 Å². The molecule has 2 N–H and O–H groups in total. The van der Waals surface area contributed by atoms with E-state index in [0.29, 0.717) is 17.4 Å². The zero-order chi connectivity index (χ0) is 14.8. The highest BCUT2D eigenvalue weighted by Gasteiger charge is 2.31. The summed E-state index contributed by atoms with van der Waals surface area (Å²) in [7, 11) is -1.54. The first kappa shape index (κ1) is 15.5. The lowest BCUT2D eigenvalue weighted by Crippen LogP contribution is -2.34. The molecule has 1 saturated carbocycles. The summed E-state index contributed by atoms with van der Waals surface area (Å²) in [6.45, 7) is 4.71. The van der Waals surface area contributed by atoms with Crippen LogP contribution in [0.2, 0.25) is 0 Å². The number of hydrogen-bond donors (Lipinski definition) is 2. The summed E-state index contributed by atoms with van der Waals surface area (Å²) in [6.07, 6.45) is 3.16. The minimum atomic E-state index is -3.41. The van der Waals surface area contributed by atoms with Gasteiger partial charge in [0.2, 0.25) is 10.0 Å². The molecule has 0 aliphatic heterocycles. The summed E-state index contributed by atoms with van der Waals surface area (Å²) in [5.41, 5.74) is 2.24. The molecule has 1 fully saturated rings. The van der Waals surface area contributed by atoms with Crippen LogP contribution in [0.25, 0.3) is 0 Å². The van der Waals surface area contributed by atoms with Crippen molar-refractivity contribution in [2.75, 3.05) is 7.05 Å². The average Bonchev–Trinajstić information content (AvgIpc) is 3.22. The molecule has 5 heteroatoms.